The van der Waals surface area contributed by atoms with Gasteiger partial charge in [-0.1, -0.05) is 45.7 Å². The Hall–Kier alpha value is -1.35. The van der Waals surface area contributed by atoms with E-state index in [9.17, 15) is 4.79 Å². The summed E-state index contributed by atoms with van der Waals surface area (Å²) in [7, 11) is 0. The highest BCUT2D eigenvalue weighted by Crippen LogP contribution is 2.13. The maximum atomic E-state index is 11.9. The second-order valence-electron chi connectivity index (χ2n) is 4.85. The van der Waals surface area contributed by atoms with Crippen LogP contribution in [0.1, 0.15) is 39.2 Å². The molecule has 2 atom stereocenters. The molecule has 1 amide bonds. The molecule has 0 saturated carbocycles. The molecule has 0 spiro atoms. The first-order valence-corrected chi connectivity index (χ1v) is 6.73. The molecule has 3 nitrogen and oxygen atoms in total. The van der Waals surface area contributed by atoms with Gasteiger partial charge in [0.25, 0.3) is 0 Å². The van der Waals surface area contributed by atoms with Crippen LogP contribution in [-0.4, -0.2) is 11.9 Å². The Morgan fingerprint density at radius 1 is 1.28 bits per heavy atom. The molecular weight excluding hydrogens is 224 g/mol. The van der Waals surface area contributed by atoms with Crippen LogP contribution in [0.3, 0.4) is 0 Å². The molecule has 1 rings (SSSR count). The standard InChI is InChI=1S/C15H24N2O/c1-4-6-12-7-9-13(10-8-12)17-15(18)14(16)11(3)5-2/h7-11,14H,4-6,16H2,1-3H3,(H,17,18)/t11?,14-/m0/s1. The van der Waals surface area contributed by atoms with E-state index in [1.807, 2.05) is 38.1 Å². The number of rotatable bonds is 6. The number of nitrogens with one attached hydrogen (secondary N) is 1. The van der Waals surface area contributed by atoms with E-state index in [1.54, 1.807) is 0 Å². The van der Waals surface area contributed by atoms with Crippen LogP contribution >= 0.6 is 0 Å². The van der Waals surface area contributed by atoms with Crippen LogP contribution in [0.5, 0.6) is 0 Å². The topological polar surface area (TPSA) is 55.1 Å². The lowest BCUT2D eigenvalue weighted by Gasteiger charge is -2.17. The van der Waals surface area contributed by atoms with Gasteiger partial charge in [0.05, 0.1) is 6.04 Å². The van der Waals surface area contributed by atoms with E-state index >= 15 is 0 Å². The molecule has 1 aromatic carbocycles. The third kappa shape index (κ3) is 4.15. The predicted molar refractivity (Wildman–Crippen MR) is 76.5 cm³/mol. The number of hydrogen-bond acceptors (Lipinski definition) is 2. The van der Waals surface area contributed by atoms with Crippen LogP contribution in [-0.2, 0) is 11.2 Å². The van der Waals surface area contributed by atoms with Crippen molar-refractivity contribution in [1.82, 2.24) is 0 Å². The van der Waals surface area contributed by atoms with Crippen LogP contribution in [0.15, 0.2) is 24.3 Å². The molecule has 0 bridgehead atoms. The Morgan fingerprint density at radius 2 is 1.89 bits per heavy atom. The van der Waals surface area contributed by atoms with Gasteiger partial charge in [-0.25, -0.2) is 0 Å². The Balaban J connectivity index is 2.59. The normalized spacial score (nSPS) is 14.0. The van der Waals surface area contributed by atoms with Crippen molar-refractivity contribution in [2.45, 2.75) is 46.1 Å². The van der Waals surface area contributed by atoms with E-state index < -0.39 is 6.04 Å². The van der Waals surface area contributed by atoms with Gasteiger partial charge in [0, 0.05) is 5.69 Å². The zero-order valence-corrected chi connectivity index (χ0v) is 11.6. The molecule has 3 heteroatoms. The maximum absolute atomic E-state index is 11.9. The number of carbonyl (C=O) groups excluding carboxylic acids is 1. The average Bonchev–Trinajstić information content (AvgIpc) is 2.39. The van der Waals surface area contributed by atoms with Crippen molar-refractivity contribution in [2.75, 3.05) is 5.32 Å². The van der Waals surface area contributed by atoms with E-state index in [0.717, 1.165) is 24.9 Å². The monoisotopic (exact) mass is 248 g/mol. The third-order valence-corrected chi connectivity index (χ3v) is 3.32. The van der Waals surface area contributed by atoms with E-state index in [4.69, 9.17) is 5.73 Å². The van der Waals surface area contributed by atoms with Crippen molar-refractivity contribution in [1.29, 1.82) is 0 Å². The number of aryl methyl sites for hydroxylation is 1. The Bertz CT molecular complexity index is 373. The van der Waals surface area contributed by atoms with Crippen molar-refractivity contribution in [2.24, 2.45) is 11.7 Å². The third-order valence-electron chi connectivity index (χ3n) is 3.32. The molecule has 0 radical (unpaired) electrons. The molecule has 0 aromatic heterocycles. The molecule has 0 fully saturated rings. The predicted octanol–water partition coefficient (Wildman–Crippen LogP) is 2.95. The Kier molecular flexibility index (Phi) is 5.86. The molecule has 100 valence electrons. The summed E-state index contributed by atoms with van der Waals surface area (Å²) in [4.78, 5) is 11.9. The lowest BCUT2D eigenvalue weighted by Crippen LogP contribution is -2.40. The smallest absolute Gasteiger partial charge is 0.241 e. The van der Waals surface area contributed by atoms with Crippen molar-refractivity contribution in [3.05, 3.63) is 29.8 Å². The first kappa shape index (κ1) is 14.7. The van der Waals surface area contributed by atoms with Crippen LogP contribution in [0, 0.1) is 5.92 Å². The minimum Gasteiger partial charge on any atom is -0.325 e. The molecule has 0 saturated heterocycles. The van der Waals surface area contributed by atoms with Crippen molar-refractivity contribution >= 4 is 11.6 Å². The van der Waals surface area contributed by atoms with Crippen molar-refractivity contribution in [3.8, 4) is 0 Å². The van der Waals surface area contributed by atoms with Crippen LogP contribution < -0.4 is 11.1 Å². The summed E-state index contributed by atoms with van der Waals surface area (Å²) in [6.07, 6.45) is 3.11. The number of nitrogens with two attached hydrogens (primary N) is 1. The fraction of sp³-hybridized carbons (Fsp3) is 0.533. The largest absolute Gasteiger partial charge is 0.325 e. The molecule has 0 aliphatic heterocycles. The SMILES string of the molecule is CCCc1ccc(NC(=O)[C@@H](N)C(C)CC)cc1. The van der Waals surface area contributed by atoms with Gasteiger partial charge in [-0.15, -0.1) is 0 Å². The molecular formula is C15H24N2O. The zero-order chi connectivity index (χ0) is 13.5. The summed E-state index contributed by atoms with van der Waals surface area (Å²) in [5.41, 5.74) is 8.00. The van der Waals surface area contributed by atoms with Crippen LogP contribution in [0.25, 0.3) is 0 Å². The van der Waals surface area contributed by atoms with Crippen molar-refractivity contribution in [3.63, 3.8) is 0 Å². The van der Waals surface area contributed by atoms with Gasteiger partial charge >= 0.3 is 0 Å². The Labute approximate surface area is 110 Å². The van der Waals surface area contributed by atoms with E-state index in [1.165, 1.54) is 5.56 Å². The van der Waals surface area contributed by atoms with Gasteiger partial charge in [-0.3, -0.25) is 4.79 Å². The molecule has 18 heavy (non-hydrogen) atoms. The molecule has 0 heterocycles. The zero-order valence-electron chi connectivity index (χ0n) is 11.6. The van der Waals surface area contributed by atoms with E-state index in [2.05, 4.69) is 12.2 Å². The minimum absolute atomic E-state index is 0.104. The average molecular weight is 248 g/mol. The van der Waals surface area contributed by atoms with Gasteiger partial charge in [-0.2, -0.15) is 0 Å². The first-order chi connectivity index (χ1) is 8.58. The molecule has 0 aliphatic rings. The number of amides is 1. The summed E-state index contributed by atoms with van der Waals surface area (Å²) < 4.78 is 0. The fourth-order valence-corrected chi connectivity index (χ4v) is 1.78. The van der Waals surface area contributed by atoms with Crippen molar-refractivity contribution < 1.29 is 4.79 Å². The highest BCUT2D eigenvalue weighted by Gasteiger charge is 2.19. The minimum atomic E-state index is -0.440. The lowest BCUT2D eigenvalue weighted by atomic mass is 9.99. The Morgan fingerprint density at radius 3 is 2.39 bits per heavy atom. The van der Waals surface area contributed by atoms with Gasteiger partial charge in [0.2, 0.25) is 5.91 Å². The summed E-state index contributed by atoms with van der Waals surface area (Å²) in [6, 6.07) is 7.53. The van der Waals surface area contributed by atoms with Gasteiger partial charge in [-0.05, 0) is 30.0 Å². The highest BCUT2D eigenvalue weighted by atomic mass is 16.2. The number of hydrogen-bond donors (Lipinski definition) is 2. The highest BCUT2D eigenvalue weighted by molar-refractivity contribution is 5.94. The van der Waals surface area contributed by atoms with Crippen LogP contribution in [0.4, 0.5) is 5.69 Å². The quantitative estimate of drug-likeness (QED) is 0.813. The summed E-state index contributed by atoms with van der Waals surface area (Å²) in [5, 5.41) is 2.86. The summed E-state index contributed by atoms with van der Waals surface area (Å²) >= 11 is 0. The molecule has 1 unspecified atom stereocenters. The van der Waals surface area contributed by atoms with E-state index in [-0.39, 0.29) is 11.8 Å². The summed E-state index contributed by atoms with van der Waals surface area (Å²) in [5.74, 6) is 0.0944. The second-order valence-corrected chi connectivity index (χ2v) is 4.85. The number of carbonyl (C=O) groups is 1. The molecule has 0 aliphatic carbocycles. The summed E-state index contributed by atoms with van der Waals surface area (Å²) in [6.45, 7) is 6.19. The molecule has 1 aromatic rings. The lowest BCUT2D eigenvalue weighted by molar-refractivity contribution is -0.118. The van der Waals surface area contributed by atoms with Gasteiger partial charge in [0.1, 0.15) is 0 Å². The first-order valence-electron chi connectivity index (χ1n) is 6.73. The fourth-order valence-electron chi connectivity index (χ4n) is 1.78. The second kappa shape index (κ2) is 7.17. The number of benzene rings is 1. The van der Waals surface area contributed by atoms with Gasteiger partial charge in [0.15, 0.2) is 0 Å². The molecule has 3 N–H and O–H groups in total. The van der Waals surface area contributed by atoms with Gasteiger partial charge < -0.3 is 11.1 Å². The maximum Gasteiger partial charge on any atom is 0.241 e. The number of anilines is 1. The van der Waals surface area contributed by atoms with E-state index in [0.29, 0.717) is 0 Å². The van der Waals surface area contributed by atoms with Crippen LogP contribution in [0.2, 0.25) is 0 Å².